The molecule has 0 radical (unpaired) electrons. The SMILES string of the molecule is Cc1ccc(CN2CCN(C(=O)CC(C)C)[C@@H]3CS(=O)(=O)C[C@@H]32)cc1. The second kappa shape index (κ2) is 7.08. The average molecular weight is 365 g/mol. The zero-order chi connectivity index (χ0) is 18.2. The Labute approximate surface area is 150 Å². The maximum atomic E-state index is 12.6. The van der Waals surface area contributed by atoms with Crippen LogP contribution < -0.4 is 0 Å². The van der Waals surface area contributed by atoms with Gasteiger partial charge in [-0.2, -0.15) is 0 Å². The molecule has 138 valence electrons. The Morgan fingerprint density at radius 1 is 1.12 bits per heavy atom. The highest BCUT2D eigenvalue weighted by Gasteiger charge is 2.47. The summed E-state index contributed by atoms with van der Waals surface area (Å²) in [7, 11) is -3.09. The van der Waals surface area contributed by atoms with Crippen LogP contribution in [0, 0.1) is 12.8 Å². The molecule has 2 heterocycles. The van der Waals surface area contributed by atoms with Crippen LogP contribution in [0.15, 0.2) is 24.3 Å². The lowest BCUT2D eigenvalue weighted by Gasteiger charge is -2.44. The normalized spacial score (nSPS) is 26.0. The fraction of sp³-hybridized carbons (Fsp3) is 0.632. The first-order valence-electron chi connectivity index (χ1n) is 9.04. The minimum absolute atomic E-state index is 0.0869. The number of fused-ring (bicyclic) bond motifs is 1. The van der Waals surface area contributed by atoms with Crippen molar-refractivity contribution in [1.29, 1.82) is 0 Å². The van der Waals surface area contributed by atoms with Crippen molar-refractivity contribution in [2.24, 2.45) is 5.92 Å². The van der Waals surface area contributed by atoms with E-state index in [1.165, 1.54) is 11.1 Å². The Bertz CT molecular complexity index is 728. The summed E-state index contributed by atoms with van der Waals surface area (Å²) in [6.45, 7) is 8.19. The van der Waals surface area contributed by atoms with Crippen molar-refractivity contribution in [1.82, 2.24) is 9.80 Å². The number of rotatable bonds is 4. The summed E-state index contributed by atoms with van der Waals surface area (Å²) in [5.74, 6) is 0.646. The van der Waals surface area contributed by atoms with Gasteiger partial charge in [0.2, 0.25) is 5.91 Å². The van der Waals surface area contributed by atoms with Crippen LogP contribution in [0.2, 0.25) is 0 Å². The minimum atomic E-state index is -3.09. The molecule has 2 atom stereocenters. The van der Waals surface area contributed by atoms with Gasteiger partial charge < -0.3 is 4.90 Å². The molecule has 2 aliphatic heterocycles. The van der Waals surface area contributed by atoms with Crippen LogP contribution in [-0.4, -0.2) is 60.8 Å². The zero-order valence-corrected chi connectivity index (χ0v) is 16.1. The third-order valence-corrected chi connectivity index (χ3v) is 6.90. The van der Waals surface area contributed by atoms with E-state index in [4.69, 9.17) is 0 Å². The van der Waals surface area contributed by atoms with E-state index in [0.29, 0.717) is 13.0 Å². The second-order valence-electron chi connectivity index (χ2n) is 7.85. The molecule has 2 aliphatic rings. The van der Waals surface area contributed by atoms with Gasteiger partial charge in [0.25, 0.3) is 0 Å². The number of benzene rings is 1. The van der Waals surface area contributed by atoms with Crippen LogP contribution in [0.4, 0.5) is 0 Å². The second-order valence-corrected chi connectivity index (χ2v) is 10.0. The van der Waals surface area contributed by atoms with E-state index in [1.54, 1.807) is 0 Å². The fourth-order valence-electron chi connectivity index (χ4n) is 3.93. The summed E-state index contributed by atoms with van der Waals surface area (Å²) in [4.78, 5) is 16.7. The number of aryl methyl sites for hydroxylation is 1. The molecule has 1 amide bonds. The number of piperazine rings is 1. The van der Waals surface area contributed by atoms with Crippen molar-refractivity contribution >= 4 is 15.7 Å². The molecule has 0 bridgehead atoms. The molecule has 5 nitrogen and oxygen atoms in total. The monoisotopic (exact) mass is 364 g/mol. The van der Waals surface area contributed by atoms with Crippen LogP contribution in [0.1, 0.15) is 31.4 Å². The van der Waals surface area contributed by atoms with Crippen molar-refractivity contribution in [3.8, 4) is 0 Å². The summed E-state index contributed by atoms with van der Waals surface area (Å²) >= 11 is 0. The predicted octanol–water partition coefficient (Wildman–Crippen LogP) is 1.85. The van der Waals surface area contributed by atoms with Crippen LogP contribution in [0.5, 0.6) is 0 Å². The molecule has 25 heavy (non-hydrogen) atoms. The summed E-state index contributed by atoms with van der Waals surface area (Å²) in [6.07, 6.45) is 0.487. The lowest BCUT2D eigenvalue weighted by atomic mass is 10.0. The molecule has 1 aromatic rings. The third-order valence-electron chi connectivity index (χ3n) is 5.20. The number of amides is 1. The highest BCUT2D eigenvalue weighted by atomic mass is 32.2. The minimum Gasteiger partial charge on any atom is -0.336 e. The molecule has 6 heteroatoms. The van der Waals surface area contributed by atoms with Gasteiger partial charge in [0.15, 0.2) is 9.84 Å². The number of hydrogen-bond acceptors (Lipinski definition) is 4. The fourth-order valence-corrected chi connectivity index (χ4v) is 5.94. The molecular formula is C19H28N2O3S. The van der Waals surface area contributed by atoms with Crippen LogP contribution in [0.25, 0.3) is 0 Å². The maximum Gasteiger partial charge on any atom is 0.223 e. The van der Waals surface area contributed by atoms with Crippen molar-refractivity contribution < 1.29 is 13.2 Å². The van der Waals surface area contributed by atoms with Crippen molar-refractivity contribution in [3.05, 3.63) is 35.4 Å². The van der Waals surface area contributed by atoms with E-state index in [0.717, 1.165) is 13.1 Å². The first-order valence-corrected chi connectivity index (χ1v) is 10.9. The molecule has 0 saturated carbocycles. The maximum absolute atomic E-state index is 12.6. The molecule has 0 aromatic heterocycles. The Hall–Kier alpha value is -1.40. The molecule has 0 N–H and O–H groups in total. The molecule has 1 aromatic carbocycles. The summed E-state index contributed by atoms with van der Waals surface area (Å²) < 4.78 is 24.5. The van der Waals surface area contributed by atoms with Gasteiger partial charge in [0, 0.05) is 32.1 Å². The highest BCUT2D eigenvalue weighted by Crippen LogP contribution is 2.29. The average Bonchev–Trinajstić information content (AvgIpc) is 2.84. The van der Waals surface area contributed by atoms with Crippen molar-refractivity contribution in [3.63, 3.8) is 0 Å². The number of nitrogens with zero attached hydrogens (tertiary/aromatic N) is 2. The van der Waals surface area contributed by atoms with E-state index in [1.807, 2.05) is 18.7 Å². The number of carbonyl (C=O) groups excluding carboxylic acids is 1. The molecule has 0 aliphatic carbocycles. The Balaban J connectivity index is 1.78. The molecule has 3 rings (SSSR count). The lowest BCUT2D eigenvalue weighted by molar-refractivity contribution is -0.137. The van der Waals surface area contributed by atoms with Gasteiger partial charge in [-0.1, -0.05) is 43.7 Å². The van der Waals surface area contributed by atoms with Gasteiger partial charge in [-0.05, 0) is 18.4 Å². The van der Waals surface area contributed by atoms with Crippen molar-refractivity contribution in [2.75, 3.05) is 24.6 Å². The Morgan fingerprint density at radius 2 is 1.76 bits per heavy atom. The molecule has 0 spiro atoms. The molecule has 2 fully saturated rings. The van der Waals surface area contributed by atoms with E-state index >= 15 is 0 Å². The Morgan fingerprint density at radius 3 is 2.40 bits per heavy atom. The lowest BCUT2D eigenvalue weighted by Crippen LogP contribution is -2.60. The standard InChI is InChI=1S/C19H28N2O3S/c1-14(2)10-19(22)21-9-8-20(11-16-6-4-15(3)5-7-16)17-12-25(23,24)13-18(17)21/h4-7,14,17-18H,8-13H2,1-3H3/t17-,18+/m0/s1. The van der Waals surface area contributed by atoms with E-state index < -0.39 is 9.84 Å². The summed E-state index contributed by atoms with van der Waals surface area (Å²) in [6, 6.07) is 8.08. The van der Waals surface area contributed by atoms with Gasteiger partial charge in [-0.3, -0.25) is 9.69 Å². The number of hydrogen-bond donors (Lipinski definition) is 0. The molecule has 0 unspecified atom stereocenters. The van der Waals surface area contributed by atoms with Gasteiger partial charge >= 0.3 is 0 Å². The van der Waals surface area contributed by atoms with Crippen molar-refractivity contribution in [2.45, 2.75) is 45.8 Å². The largest absolute Gasteiger partial charge is 0.336 e. The predicted molar refractivity (Wildman–Crippen MR) is 99.0 cm³/mol. The smallest absolute Gasteiger partial charge is 0.223 e. The van der Waals surface area contributed by atoms with Gasteiger partial charge in [0.05, 0.1) is 17.5 Å². The molecular weight excluding hydrogens is 336 g/mol. The highest BCUT2D eigenvalue weighted by molar-refractivity contribution is 7.91. The molecule has 2 saturated heterocycles. The van der Waals surface area contributed by atoms with E-state index in [9.17, 15) is 13.2 Å². The van der Waals surface area contributed by atoms with Crippen LogP contribution in [-0.2, 0) is 21.2 Å². The number of carbonyl (C=O) groups is 1. The van der Waals surface area contributed by atoms with Crippen LogP contribution in [0.3, 0.4) is 0 Å². The third kappa shape index (κ3) is 4.23. The summed E-state index contributed by atoms with van der Waals surface area (Å²) in [5.41, 5.74) is 2.41. The first kappa shape index (κ1) is 18.4. The van der Waals surface area contributed by atoms with Gasteiger partial charge in [-0.15, -0.1) is 0 Å². The van der Waals surface area contributed by atoms with Crippen LogP contribution >= 0.6 is 0 Å². The van der Waals surface area contributed by atoms with Gasteiger partial charge in [0.1, 0.15) is 0 Å². The summed E-state index contributed by atoms with van der Waals surface area (Å²) in [5, 5.41) is 0. The quantitative estimate of drug-likeness (QED) is 0.818. The number of sulfone groups is 1. The van der Waals surface area contributed by atoms with E-state index in [2.05, 4.69) is 36.1 Å². The topological polar surface area (TPSA) is 57.7 Å². The van der Waals surface area contributed by atoms with Gasteiger partial charge in [-0.25, -0.2) is 8.42 Å². The first-order chi connectivity index (χ1) is 11.7. The zero-order valence-electron chi connectivity index (χ0n) is 15.3. The van der Waals surface area contributed by atoms with E-state index in [-0.39, 0.29) is 35.4 Å². The Kier molecular flexibility index (Phi) is 5.21.